The highest BCUT2D eigenvalue weighted by Gasteiger charge is 2.04. The van der Waals surface area contributed by atoms with Crippen molar-refractivity contribution in [2.24, 2.45) is 5.10 Å². The summed E-state index contributed by atoms with van der Waals surface area (Å²) >= 11 is 3.42. The average molecular weight is 452 g/mol. The van der Waals surface area contributed by atoms with E-state index in [2.05, 4.69) is 26.5 Å². The minimum atomic E-state index is -0.249. The molecule has 0 atom stereocenters. The van der Waals surface area contributed by atoms with Gasteiger partial charge in [0.25, 0.3) is 5.91 Å². The number of amides is 1. The van der Waals surface area contributed by atoms with Crippen molar-refractivity contribution < 1.29 is 9.53 Å². The van der Waals surface area contributed by atoms with Crippen molar-refractivity contribution in [3.8, 4) is 5.75 Å². The van der Waals surface area contributed by atoms with Crippen LogP contribution in [-0.2, 0) is 6.61 Å². The lowest BCUT2D eigenvalue weighted by Gasteiger charge is -2.12. The van der Waals surface area contributed by atoms with Crippen molar-refractivity contribution >= 4 is 33.7 Å². The standard InChI is InChI=1S/C23H22BrN3O2/c1-27(2)21-11-7-19(8-12-21)23(28)26-25-15-17-5-13-22(14-6-17)29-16-18-3-9-20(24)10-4-18/h3-15H,16H2,1-2H3,(H,26,28)/b25-15+. The van der Waals surface area contributed by atoms with Crippen LogP contribution in [0.2, 0.25) is 0 Å². The largest absolute Gasteiger partial charge is 0.489 e. The van der Waals surface area contributed by atoms with E-state index in [9.17, 15) is 4.79 Å². The molecule has 0 aliphatic carbocycles. The summed E-state index contributed by atoms with van der Waals surface area (Å²) in [6, 6.07) is 22.9. The number of carbonyl (C=O) groups excluding carboxylic acids is 1. The van der Waals surface area contributed by atoms with E-state index in [1.54, 1.807) is 18.3 Å². The van der Waals surface area contributed by atoms with E-state index in [-0.39, 0.29) is 5.91 Å². The van der Waals surface area contributed by atoms with Crippen molar-refractivity contribution in [1.29, 1.82) is 0 Å². The molecule has 1 N–H and O–H groups in total. The number of anilines is 1. The molecule has 0 aliphatic heterocycles. The van der Waals surface area contributed by atoms with Crippen LogP contribution < -0.4 is 15.1 Å². The Balaban J connectivity index is 1.50. The van der Waals surface area contributed by atoms with Crippen LogP contribution in [0, 0.1) is 0 Å². The molecule has 0 bridgehead atoms. The highest BCUT2D eigenvalue weighted by Crippen LogP contribution is 2.16. The molecule has 6 heteroatoms. The second kappa shape index (κ2) is 9.89. The molecule has 0 saturated carbocycles. The zero-order valence-corrected chi connectivity index (χ0v) is 17.9. The van der Waals surface area contributed by atoms with E-state index in [1.807, 2.05) is 79.7 Å². The highest BCUT2D eigenvalue weighted by atomic mass is 79.9. The Bertz CT molecular complexity index is 967. The summed E-state index contributed by atoms with van der Waals surface area (Å²) in [6.07, 6.45) is 1.60. The molecular formula is C23H22BrN3O2. The number of hydrogen-bond donors (Lipinski definition) is 1. The fourth-order valence-corrected chi connectivity index (χ4v) is 2.80. The molecule has 0 unspecified atom stereocenters. The van der Waals surface area contributed by atoms with Crippen molar-refractivity contribution in [1.82, 2.24) is 5.43 Å². The van der Waals surface area contributed by atoms with Gasteiger partial charge in [-0.25, -0.2) is 5.43 Å². The number of nitrogens with zero attached hydrogens (tertiary/aromatic N) is 2. The van der Waals surface area contributed by atoms with Gasteiger partial charge in [-0.05, 0) is 71.8 Å². The molecule has 3 aromatic rings. The summed E-state index contributed by atoms with van der Waals surface area (Å²) in [5, 5.41) is 4.03. The van der Waals surface area contributed by atoms with Gasteiger partial charge in [0.15, 0.2) is 0 Å². The summed E-state index contributed by atoms with van der Waals surface area (Å²) in [5.41, 5.74) is 6.10. The van der Waals surface area contributed by atoms with Gasteiger partial charge in [-0.2, -0.15) is 5.10 Å². The summed E-state index contributed by atoms with van der Waals surface area (Å²) in [4.78, 5) is 14.1. The van der Waals surface area contributed by atoms with Crippen LogP contribution in [0.4, 0.5) is 5.69 Å². The first-order chi connectivity index (χ1) is 14.0. The molecule has 0 aliphatic rings. The fraction of sp³-hybridized carbons (Fsp3) is 0.130. The fourth-order valence-electron chi connectivity index (χ4n) is 2.54. The SMILES string of the molecule is CN(C)c1ccc(C(=O)N/N=C/c2ccc(OCc3ccc(Br)cc3)cc2)cc1. The number of halogens is 1. The van der Waals surface area contributed by atoms with Crippen LogP contribution >= 0.6 is 15.9 Å². The van der Waals surface area contributed by atoms with Crippen molar-refractivity contribution in [2.75, 3.05) is 19.0 Å². The number of ether oxygens (including phenoxy) is 1. The predicted molar refractivity (Wildman–Crippen MR) is 121 cm³/mol. The van der Waals surface area contributed by atoms with Crippen LogP contribution in [0.3, 0.4) is 0 Å². The number of hydrogen-bond acceptors (Lipinski definition) is 4. The summed E-state index contributed by atoms with van der Waals surface area (Å²) in [5.74, 6) is 0.524. The van der Waals surface area contributed by atoms with Gasteiger partial charge in [-0.3, -0.25) is 4.79 Å². The van der Waals surface area contributed by atoms with E-state index >= 15 is 0 Å². The predicted octanol–water partition coefficient (Wildman–Crippen LogP) is 4.86. The lowest BCUT2D eigenvalue weighted by molar-refractivity contribution is 0.0955. The van der Waals surface area contributed by atoms with E-state index in [0.29, 0.717) is 12.2 Å². The topological polar surface area (TPSA) is 53.9 Å². The first-order valence-corrected chi connectivity index (χ1v) is 9.89. The van der Waals surface area contributed by atoms with Gasteiger partial charge in [0.1, 0.15) is 12.4 Å². The zero-order valence-electron chi connectivity index (χ0n) is 16.3. The Kier molecular flexibility index (Phi) is 7.03. The minimum Gasteiger partial charge on any atom is -0.489 e. The van der Waals surface area contributed by atoms with Crippen molar-refractivity contribution in [3.05, 3.63) is 94.0 Å². The number of hydrazone groups is 1. The van der Waals surface area contributed by atoms with Gasteiger partial charge in [0.2, 0.25) is 0 Å². The van der Waals surface area contributed by atoms with Crippen LogP contribution in [0.25, 0.3) is 0 Å². The van der Waals surface area contributed by atoms with Crippen LogP contribution in [0.5, 0.6) is 5.75 Å². The number of nitrogens with one attached hydrogen (secondary N) is 1. The van der Waals surface area contributed by atoms with Crippen LogP contribution in [0.15, 0.2) is 82.4 Å². The first-order valence-electron chi connectivity index (χ1n) is 9.09. The third kappa shape index (κ3) is 6.19. The van der Waals surface area contributed by atoms with Crippen LogP contribution in [-0.4, -0.2) is 26.2 Å². The molecule has 1 amide bonds. The molecule has 0 aromatic heterocycles. The Hall–Kier alpha value is -3.12. The maximum atomic E-state index is 12.1. The minimum absolute atomic E-state index is 0.249. The third-order valence-electron chi connectivity index (χ3n) is 4.22. The Morgan fingerprint density at radius 2 is 1.66 bits per heavy atom. The van der Waals surface area contributed by atoms with Gasteiger partial charge in [0, 0.05) is 29.8 Å². The van der Waals surface area contributed by atoms with Crippen molar-refractivity contribution in [3.63, 3.8) is 0 Å². The van der Waals surface area contributed by atoms with Crippen LogP contribution in [0.1, 0.15) is 21.5 Å². The molecule has 0 spiro atoms. The average Bonchev–Trinajstić information content (AvgIpc) is 2.74. The number of benzene rings is 3. The van der Waals surface area contributed by atoms with E-state index < -0.39 is 0 Å². The molecule has 5 nitrogen and oxygen atoms in total. The molecule has 0 fully saturated rings. The van der Waals surface area contributed by atoms with E-state index in [1.165, 1.54) is 0 Å². The summed E-state index contributed by atoms with van der Waals surface area (Å²) < 4.78 is 6.82. The molecule has 0 heterocycles. The Morgan fingerprint density at radius 1 is 1.00 bits per heavy atom. The number of carbonyl (C=O) groups is 1. The highest BCUT2D eigenvalue weighted by molar-refractivity contribution is 9.10. The summed E-state index contributed by atoms with van der Waals surface area (Å²) in [6.45, 7) is 0.503. The normalized spacial score (nSPS) is 10.7. The maximum Gasteiger partial charge on any atom is 0.271 e. The van der Waals surface area contributed by atoms with Crippen molar-refractivity contribution in [2.45, 2.75) is 6.61 Å². The van der Waals surface area contributed by atoms with E-state index in [4.69, 9.17) is 4.74 Å². The van der Waals surface area contributed by atoms with Gasteiger partial charge >= 0.3 is 0 Å². The molecule has 148 valence electrons. The zero-order chi connectivity index (χ0) is 20.6. The molecule has 3 aromatic carbocycles. The maximum absolute atomic E-state index is 12.1. The number of rotatable bonds is 7. The Labute approximate surface area is 179 Å². The quantitative estimate of drug-likeness (QED) is 0.412. The lowest BCUT2D eigenvalue weighted by atomic mass is 10.2. The third-order valence-corrected chi connectivity index (χ3v) is 4.75. The van der Waals surface area contributed by atoms with E-state index in [0.717, 1.165) is 27.0 Å². The molecule has 0 saturated heterocycles. The monoisotopic (exact) mass is 451 g/mol. The molecular weight excluding hydrogens is 430 g/mol. The van der Waals surface area contributed by atoms with Gasteiger partial charge in [0.05, 0.1) is 6.21 Å². The van der Waals surface area contributed by atoms with Gasteiger partial charge in [-0.15, -0.1) is 0 Å². The molecule has 29 heavy (non-hydrogen) atoms. The van der Waals surface area contributed by atoms with Gasteiger partial charge in [-0.1, -0.05) is 28.1 Å². The summed E-state index contributed by atoms with van der Waals surface area (Å²) in [7, 11) is 3.91. The molecule has 3 rings (SSSR count). The Morgan fingerprint density at radius 3 is 2.28 bits per heavy atom. The molecule has 0 radical (unpaired) electrons. The smallest absolute Gasteiger partial charge is 0.271 e. The lowest BCUT2D eigenvalue weighted by Crippen LogP contribution is -2.17. The van der Waals surface area contributed by atoms with Gasteiger partial charge < -0.3 is 9.64 Å². The second-order valence-corrected chi connectivity index (χ2v) is 7.54. The second-order valence-electron chi connectivity index (χ2n) is 6.62. The first kappa shape index (κ1) is 20.6.